The average molecular weight is 699 g/mol. The molecule has 2 aliphatic heterocycles. The van der Waals surface area contributed by atoms with Crippen LogP contribution in [0.2, 0.25) is 0 Å². The second-order valence-corrected chi connectivity index (χ2v) is 13.5. The van der Waals surface area contributed by atoms with Crippen molar-refractivity contribution in [3.05, 3.63) is 42.9 Å². The quantitative estimate of drug-likeness (QED) is 0.176. The summed E-state index contributed by atoms with van der Waals surface area (Å²) < 4.78 is 20.7. The number of nitrogens with two attached hydrogens (primary N) is 2. The first-order chi connectivity index (χ1) is 24.7. The maximum Gasteiger partial charge on any atom is 0.225 e. The molecule has 0 spiro atoms. The van der Waals surface area contributed by atoms with E-state index < -0.39 is 5.60 Å². The molecule has 0 bridgehead atoms. The van der Waals surface area contributed by atoms with Gasteiger partial charge in [0.2, 0.25) is 23.5 Å². The predicted octanol–water partition coefficient (Wildman–Crippen LogP) is 1.73. The van der Waals surface area contributed by atoms with Crippen LogP contribution in [0, 0.1) is 0 Å². The molecule has 18 heteroatoms. The van der Waals surface area contributed by atoms with E-state index in [1.54, 1.807) is 18.6 Å². The smallest absolute Gasteiger partial charge is 0.225 e. The highest BCUT2D eigenvalue weighted by molar-refractivity contribution is 5.61. The van der Waals surface area contributed by atoms with Gasteiger partial charge in [-0.3, -0.25) is 9.80 Å². The molecule has 2 aliphatic rings. The molecule has 6 aromatic heterocycles. The van der Waals surface area contributed by atoms with E-state index in [4.69, 9.17) is 25.0 Å². The molecular weight excluding hydrogens is 656 g/mol. The van der Waals surface area contributed by atoms with Crippen LogP contribution in [0.4, 0.5) is 23.5 Å². The van der Waals surface area contributed by atoms with Gasteiger partial charge in [-0.15, -0.1) is 10.2 Å². The molecule has 2 fully saturated rings. The van der Waals surface area contributed by atoms with E-state index in [2.05, 4.69) is 63.6 Å². The van der Waals surface area contributed by atoms with Gasteiger partial charge >= 0.3 is 0 Å². The summed E-state index contributed by atoms with van der Waals surface area (Å²) in [5, 5.41) is 18.2. The van der Waals surface area contributed by atoms with E-state index in [1.165, 1.54) is 9.03 Å². The van der Waals surface area contributed by atoms with Gasteiger partial charge in [0.1, 0.15) is 23.5 Å². The first-order valence-corrected chi connectivity index (χ1v) is 17.2. The van der Waals surface area contributed by atoms with E-state index in [0.717, 1.165) is 77.0 Å². The van der Waals surface area contributed by atoms with Crippen molar-refractivity contribution in [1.82, 2.24) is 49.0 Å². The Morgan fingerprint density at radius 2 is 1.31 bits per heavy atom. The number of rotatable bonds is 11. The van der Waals surface area contributed by atoms with Crippen LogP contribution < -0.4 is 26.0 Å². The van der Waals surface area contributed by atoms with Crippen LogP contribution in [0.3, 0.4) is 0 Å². The molecule has 0 radical (unpaired) electrons. The number of furan rings is 2. The fourth-order valence-corrected chi connectivity index (χ4v) is 6.57. The Morgan fingerprint density at radius 3 is 1.86 bits per heavy atom. The lowest BCUT2D eigenvalue weighted by molar-refractivity contribution is 0.0813. The lowest BCUT2D eigenvalue weighted by Gasteiger charge is -2.37. The van der Waals surface area contributed by atoms with Crippen LogP contribution in [0.5, 0.6) is 5.75 Å². The molecule has 0 saturated carbocycles. The topological polar surface area (TPSA) is 207 Å². The van der Waals surface area contributed by atoms with Crippen LogP contribution in [0.25, 0.3) is 34.5 Å². The summed E-state index contributed by atoms with van der Waals surface area (Å²) in [7, 11) is 0. The summed E-state index contributed by atoms with van der Waals surface area (Å²) >= 11 is 0. The average Bonchev–Trinajstić information content (AvgIpc) is 3.95. The Bertz CT molecular complexity index is 2110. The number of aromatic nitrogens is 8. The summed E-state index contributed by atoms with van der Waals surface area (Å²) in [4.78, 5) is 27.5. The second kappa shape index (κ2) is 13.3. The Hall–Kier alpha value is -5.46. The van der Waals surface area contributed by atoms with Crippen molar-refractivity contribution in [2.45, 2.75) is 25.9 Å². The highest BCUT2D eigenvalue weighted by atomic mass is 16.5. The molecule has 0 amide bonds. The molecule has 0 aromatic carbocycles. The summed E-state index contributed by atoms with van der Waals surface area (Å²) in [5.74, 6) is 4.60. The lowest BCUT2D eigenvalue weighted by Crippen LogP contribution is -2.48. The maximum absolute atomic E-state index is 9.24. The maximum atomic E-state index is 9.24. The monoisotopic (exact) mass is 698 g/mol. The van der Waals surface area contributed by atoms with Crippen molar-refractivity contribution in [1.29, 1.82) is 0 Å². The largest absolute Gasteiger partial charge is 0.484 e. The highest BCUT2D eigenvalue weighted by Crippen LogP contribution is 2.30. The second-order valence-electron chi connectivity index (χ2n) is 13.5. The summed E-state index contributed by atoms with van der Waals surface area (Å²) in [6.07, 6.45) is 3.99. The van der Waals surface area contributed by atoms with E-state index >= 15 is 0 Å². The summed E-state index contributed by atoms with van der Waals surface area (Å²) in [6.45, 7) is 12.5. The van der Waals surface area contributed by atoms with Gasteiger partial charge in [-0.05, 0) is 32.4 Å². The SMILES string of the molecule is CC(C)(CCN1CCN(c2cc3nc(-c4ccco4)nn3c(N)n2)CC1)Oc1coc(-c2nc3cc(N4CCN(CCO)CC4)nc(N)n3n2)c1. The molecule has 2 saturated heterocycles. The van der Waals surface area contributed by atoms with Crippen LogP contribution >= 0.6 is 0 Å². The third kappa shape index (κ3) is 6.84. The van der Waals surface area contributed by atoms with Crippen molar-refractivity contribution in [2.24, 2.45) is 0 Å². The van der Waals surface area contributed by atoms with Crippen molar-refractivity contribution in [2.75, 3.05) is 93.3 Å². The lowest BCUT2D eigenvalue weighted by atomic mass is 10.0. The molecule has 0 atom stereocenters. The van der Waals surface area contributed by atoms with Gasteiger partial charge in [0.25, 0.3) is 0 Å². The molecule has 8 heterocycles. The molecule has 8 rings (SSSR count). The number of piperazine rings is 2. The van der Waals surface area contributed by atoms with Crippen molar-refractivity contribution >= 4 is 34.8 Å². The Kier molecular flexibility index (Phi) is 8.56. The highest BCUT2D eigenvalue weighted by Gasteiger charge is 2.26. The molecule has 6 aromatic rings. The number of hydrogen-bond acceptors (Lipinski definition) is 16. The predicted molar refractivity (Wildman–Crippen MR) is 190 cm³/mol. The number of aliphatic hydroxyl groups is 1. The number of hydrogen-bond donors (Lipinski definition) is 3. The van der Waals surface area contributed by atoms with Crippen molar-refractivity contribution in [3.63, 3.8) is 0 Å². The zero-order chi connectivity index (χ0) is 35.1. The normalized spacial score (nSPS) is 16.5. The van der Waals surface area contributed by atoms with Gasteiger partial charge in [0, 0.05) is 83.6 Å². The molecule has 0 unspecified atom stereocenters. The van der Waals surface area contributed by atoms with E-state index in [1.807, 2.05) is 24.3 Å². The van der Waals surface area contributed by atoms with Gasteiger partial charge in [-0.2, -0.15) is 19.0 Å². The van der Waals surface area contributed by atoms with Gasteiger partial charge < -0.3 is 39.9 Å². The van der Waals surface area contributed by atoms with Gasteiger partial charge in [-0.1, -0.05) is 0 Å². The summed E-state index contributed by atoms with van der Waals surface area (Å²) in [6, 6.07) is 9.22. The minimum atomic E-state index is -0.449. The Labute approximate surface area is 293 Å². The molecule has 5 N–H and O–H groups in total. The molecule has 18 nitrogen and oxygen atoms in total. The number of nitrogen functional groups attached to an aromatic ring is 2. The fraction of sp³-hybridized carbons (Fsp3) is 0.455. The van der Waals surface area contributed by atoms with Crippen LogP contribution in [-0.4, -0.2) is 132 Å². The van der Waals surface area contributed by atoms with Gasteiger partial charge in [-0.25, -0.2) is 9.97 Å². The number of fused-ring (bicyclic) bond motifs is 2. The number of anilines is 4. The zero-order valence-corrected chi connectivity index (χ0v) is 28.7. The number of nitrogens with zero attached hydrogens (tertiary/aromatic N) is 12. The number of aliphatic hydroxyl groups excluding tert-OH is 1. The minimum Gasteiger partial charge on any atom is -0.484 e. The first-order valence-electron chi connectivity index (χ1n) is 17.2. The third-order valence-electron chi connectivity index (χ3n) is 9.44. The van der Waals surface area contributed by atoms with E-state index in [0.29, 0.717) is 46.8 Å². The fourth-order valence-electron chi connectivity index (χ4n) is 6.57. The zero-order valence-electron chi connectivity index (χ0n) is 28.7. The Morgan fingerprint density at radius 1 is 0.745 bits per heavy atom. The minimum absolute atomic E-state index is 0.157. The van der Waals surface area contributed by atoms with Crippen molar-refractivity contribution < 1.29 is 18.7 Å². The summed E-state index contributed by atoms with van der Waals surface area (Å²) in [5.41, 5.74) is 13.3. The molecular formula is C33H42N14O4. The van der Waals surface area contributed by atoms with Gasteiger partial charge in [0.15, 0.2) is 28.6 Å². The third-order valence-corrected chi connectivity index (χ3v) is 9.44. The van der Waals surface area contributed by atoms with Crippen LogP contribution in [0.15, 0.2) is 51.7 Å². The molecule has 0 aliphatic carbocycles. The molecule has 268 valence electrons. The van der Waals surface area contributed by atoms with Crippen molar-refractivity contribution in [3.8, 4) is 28.9 Å². The van der Waals surface area contributed by atoms with Crippen LogP contribution in [0.1, 0.15) is 20.3 Å². The van der Waals surface area contributed by atoms with Gasteiger partial charge in [0.05, 0.1) is 12.9 Å². The van der Waals surface area contributed by atoms with E-state index in [9.17, 15) is 5.11 Å². The number of ether oxygens (including phenoxy) is 1. The van der Waals surface area contributed by atoms with E-state index in [-0.39, 0.29) is 18.5 Å². The Balaban J connectivity index is 0.853. The molecule has 51 heavy (non-hydrogen) atoms. The first kappa shape index (κ1) is 32.7. The standard InChI is InChI=1S/C33H42N14O4/c1-33(2,5-6-42-7-11-44(12-8-42)25-19-27-36-29(23-4-3-17-49-23)40-46(27)31(34)38-25)51-22-18-24(50-21-22)30-37-28-20-26(39-32(35)47(28)41-30)45-13-9-43(10-14-45)15-16-48/h3-4,17-21,48H,5-16H2,1-2H3,(H2,34,38)(H2,35,39). The van der Waals surface area contributed by atoms with Crippen LogP contribution in [-0.2, 0) is 0 Å². The number of β-amino-alcohol motifs (C(OH)–C–C–N with tert-alkyl or cyclic N) is 1.